The van der Waals surface area contributed by atoms with E-state index in [9.17, 15) is 22.8 Å². The van der Waals surface area contributed by atoms with Crippen molar-refractivity contribution < 1.29 is 79.7 Å². The molecule has 0 bridgehead atoms. The second-order valence-corrected chi connectivity index (χ2v) is 20.7. The molecule has 2 aromatic carbocycles. The van der Waals surface area contributed by atoms with Crippen LogP contribution in [0.2, 0.25) is 0 Å². The minimum Gasteiger partial charge on any atom is -0.460 e. The predicted molar refractivity (Wildman–Crippen MR) is 288 cm³/mol. The lowest BCUT2D eigenvalue weighted by Gasteiger charge is -2.38. The Morgan fingerprint density at radius 3 is 1.64 bits per heavy atom. The van der Waals surface area contributed by atoms with Gasteiger partial charge in [-0.2, -0.15) is 4.31 Å². The molecule has 0 aromatic heterocycles. The Balaban J connectivity index is 0.905. The minimum atomic E-state index is -3.78. The van der Waals surface area contributed by atoms with Gasteiger partial charge in [-0.25, -0.2) is 18.5 Å². The lowest BCUT2D eigenvalue weighted by atomic mass is 10.0. The predicted octanol–water partition coefficient (Wildman–Crippen LogP) is 4.34. The number of ether oxygens (including phenoxy) is 11. The lowest BCUT2D eigenvalue weighted by Crippen LogP contribution is -2.53. The maximum Gasteiger partial charge on any atom is 0.308 e. The van der Waals surface area contributed by atoms with Gasteiger partial charge in [0.2, 0.25) is 15.9 Å². The molecule has 3 N–H and O–H groups in total. The van der Waals surface area contributed by atoms with Gasteiger partial charge in [0.05, 0.1) is 156 Å². The molecule has 2 aromatic rings. The topological polar surface area (TPSA) is 253 Å². The van der Waals surface area contributed by atoms with Crippen molar-refractivity contribution in [2.75, 3.05) is 165 Å². The van der Waals surface area contributed by atoms with E-state index in [1.54, 1.807) is 24.3 Å². The zero-order chi connectivity index (χ0) is 55.6. The molecule has 0 aliphatic carbocycles. The number of nitrogens with zero attached hydrogens (tertiary/aromatic N) is 3. The first-order chi connectivity index (χ1) is 37.2. The van der Waals surface area contributed by atoms with Crippen molar-refractivity contribution in [3.05, 3.63) is 53.6 Å². The standard InChI is InChI=1S/C54H85N5O17S/c1-6-15-59(75-7-2)53(62)47-36-46-12-11-45(38-49(46)57-50(55)39-47)44-9-8-10-48(37-44)77(63,64)58-41-43(42-58)40-56-51(60)13-16-65-18-20-67-22-24-69-26-28-71-30-32-73-34-35-74-33-31-72-29-27-70-25-23-68-21-19-66-17-14-52(61)76-54(3,4)5/h8-12,36-38,43H,6-7,13-35,39-42H2,1-5H3,(H2,55,57)(H,56,60). The van der Waals surface area contributed by atoms with Crippen LogP contribution in [0.15, 0.2) is 57.9 Å². The Bertz CT molecular complexity index is 2200. The zero-order valence-corrected chi connectivity index (χ0v) is 46.8. The van der Waals surface area contributed by atoms with Crippen LogP contribution >= 0.6 is 0 Å². The molecule has 0 atom stereocenters. The first-order valence-corrected chi connectivity index (χ1v) is 28.1. The minimum absolute atomic E-state index is 0.00835. The molecule has 2 amide bonds. The Hall–Kier alpha value is -4.47. The number of carbonyl (C=O) groups excluding carboxylic acids is 3. The Morgan fingerprint density at radius 2 is 1.16 bits per heavy atom. The number of aliphatic imine (C=N–C) groups is 1. The second-order valence-electron chi connectivity index (χ2n) is 18.8. The van der Waals surface area contributed by atoms with E-state index in [1.807, 2.05) is 58.9 Å². The number of hydrogen-bond donors (Lipinski definition) is 2. The Morgan fingerprint density at radius 1 is 0.675 bits per heavy atom. The molecule has 2 aliphatic rings. The average molecular weight is 1110 g/mol. The number of sulfonamides is 1. The molecule has 1 saturated heterocycles. The highest BCUT2D eigenvalue weighted by atomic mass is 32.2. The van der Waals surface area contributed by atoms with Gasteiger partial charge in [-0.3, -0.25) is 19.2 Å². The van der Waals surface area contributed by atoms with Crippen LogP contribution in [0.3, 0.4) is 0 Å². The molecule has 0 spiro atoms. The van der Waals surface area contributed by atoms with E-state index in [4.69, 9.17) is 62.7 Å². The van der Waals surface area contributed by atoms with Crippen molar-refractivity contribution in [3.63, 3.8) is 0 Å². The van der Waals surface area contributed by atoms with E-state index in [0.29, 0.717) is 175 Å². The molecule has 22 nitrogen and oxygen atoms in total. The highest BCUT2D eigenvalue weighted by Gasteiger charge is 2.37. The summed E-state index contributed by atoms with van der Waals surface area (Å²) < 4.78 is 88.8. The monoisotopic (exact) mass is 1110 g/mol. The number of hydroxylamine groups is 2. The van der Waals surface area contributed by atoms with Crippen molar-refractivity contribution in [2.45, 2.75) is 70.8 Å². The maximum absolute atomic E-state index is 13.6. The number of hydrogen-bond acceptors (Lipinski definition) is 19. The van der Waals surface area contributed by atoms with Gasteiger partial charge in [-0.15, -0.1) is 0 Å². The summed E-state index contributed by atoms with van der Waals surface area (Å²) in [5.74, 6) is -0.427. The summed E-state index contributed by atoms with van der Waals surface area (Å²) in [6.45, 7) is 19.3. The van der Waals surface area contributed by atoms with Gasteiger partial charge in [0.25, 0.3) is 5.91 Å². The number of carbonyl (C=O) groups is 3. The molecule has 77 heavy (non-hydrogen) atoms. The SMILES string of the molecule is CCCN(OCC)C(=O)C1=Cc2ccc(-c3cccc(S(=O)(=O)N4CC(CNC(=O)CCOCCOCCOCCOCCOCCOCCOCCOCCOCCOCCC(=O)OC(C)(C)C)C4)c3)cc2N=C(N)C1. The van der Waals surface area contributed by atoms with Crippen molar-refractivity contribution in [2.24, 2.45) is 16.6 Å². The van der Waals surface area contributed by atoms with Crippen LogP contribution in [0.25, 0.3) is 17.2 Å². The maximum atomic E-state index is 13.6. The Kier molecular flexibility index (Phi) is 31.6. The number of amides is 2. The second kappa shape index (κ2) is 37.4. The van der Waals surface area contributed by atoms with Crippen LogP contribution in [0.1, 0.15) is 65.9 Å². The van der Waals surface area contributed by atoms with Crippen LogP contribution in [0.5, 0.6) is 0 Å². The van der Waals surface area contributed by atoms with Crippen molar-refractivity contribution in [1.82, 2.24) is 14.7 Å². The van der Waals surface area contributed by atoms with Crippen molar-refractivity contribution >= 4 is 45.4 Å². The molecule has 4 rings (SSSR count). The number of esters is 1. The summed E-state index contributed by atoms with van der Waals surface area (Å²) in [4.78, 5) is 47.7. The molecular formula is C54H85N5O17S. The fraction of sp³-hybridized carbons (Fsp3) is 0.667. The van der Waals surface area contributed by atoms with Crippen LogP contribution < -0.4 is 11.1 Å². The summed E-state index contributed by atoms with van der Waals surface area (Å²) in [6, 6.07) is 12.3. The molecule has 2 aliphatic heterocycles. The first kappa shape index (κ1) is 65.1. The summed E-state index contributed by atoms with van der Waals surface area (Å²) in [6.07, 6.45) is 3.08. The zero-order valence-electron chi connectivity index (χ0n) is 46.0. The summed E-state index contributed by atoms with van der Waals surface area (Å²) in [5.41, 5.74) is 8.97. The largest absolute Gasteiger partial charge is 0.460 e. The van der Waals surface area contributed by atoms with Gasteiger partial charge in [-0.1, -0.05) is 31.2 Å². The molecule has 1 fully saturated rings. The van der Waals surface area contributed by atoms with Crippen LogP contribution in [0, 0.1) is 5.92 Å². The summed E-state index contributed by atoms with van der Waals surface area (Å²) >= 11 is 0. The van der Waals surface area contributed by atoms with Gasteiger partial charge >= 0.3 is 5.97 Å². The fourth-order valence-electron chi connectivity index (χ4n) is 7.43. The first-order valence-electron chi connectivity index (χ1n) is 26.7. The van der Waals surface area contributed by atoms with E-state index < -0.39 is 15.6 Å². The normalized spacial score (nSPS) is 14.1. The van der Waals surface area contributed by atoms with Gasteiger partial charge in [0, 0.05) is 56.1 Å². The molecule has 434 valence electrons. The Labute approximate surface area is 455 Å². The summed E-state index contributed by atoms with van der Waals surface area (Å²) in [5, 5.41) is 4.24. The highest BCUT2D eigenvalue weighted by molar-refractivity contribution is 7.89. The molecule has 0 saturated carbocycles. The van der Waals surface area contributed by atoms with E-state index in [1.165, 1.54) is 9.37 Å². The van der Waals surface area contributed by atoms with Crippen LogP contribution in [0.4, 0.5) is 5.69 Å². The number of rotatable bonds is 43. The van der Waals surface area contributed by atoms with Crippen LogP contribution in [-0.2, 0) is 81.3 Å². The van der Waals surface area contributed by atoms with Crippen molar-refractivity contribution in [1.29, 1.82) is 0 Å². The van der Waals surface area contributed by atoms with Gasteiger partial charge < -0.3 is 63.2 Å². The third-order valence-electron chi connectivity index (χ3n) is 11.2. The van der Waals surface area contributed by atoms with E-state index in [2.05, 4.69) is 10.3 Å². The number of nitrogens with one attached hydrogen (secondary N) is 1. The quantitative estimate of drug-likeness (QED) is 0.0532. The van der Waals surface area contributed by atoms with Crippen molar-refractivity contribution in [3.8, 4) is 11.1 Å². The van der Waals surface area contributed by atoms with E-state index in [-0.39, 0.29) is 60.3 Å². The number of benzene rings is 2. The smallest absolute Gasteiger partial charge is 0.308 e. The van der Waals surface area contributed by atoms with Gasteiger partial charge in [0.1, 0.15) is 11.4 Å². The van der Waals surface area contributed by atoms with E-state index >= 15 is 0 Å². The number of fused-ring (bicyclic) bond motifs is 1. The molecule has 23 heteroatoms. The molecule has 2 heterocycles. The summed E-state index contributed by atoms with van der Waals surface area (Å²) in [7, 11) is -3.78. The third-order valence-corrected chi connectivity index (χ3v) is 13.0. The number of amidine groups is 1. The highest BCUT2D eigenvalue weighted by Crippen LogP contribution is 2.34. The third kappa shape index (κ3) is 26.8. The van der Waals surface area contributed by atoms with Gasteiger partial charge in [0.15, 0.2) is 0 Å². The molecule has 0 unspecified atom stereocenters. The van der Waals surface area contributed by atoms with Gasteiger partial charge in [-0.05, 0) is 69.5 Å². The molecule has 0 radical (unpaired) electrons. The van der Waals surface area contributed by atoms with Crippen LogP contribution in [-0.4, -0.2) is 212 Å². The molecular weight excluding hydrogens is 1020 g/mol. The number of nitrogens with two attached hydrogens (primary N) is 1. The van der Waals surface area contributed by atoms with E-state index in [0.717, 1.165) is 17.5 Å². The lowest BCUT2D eigenvalue weighted by molar-refractivity contribution is -0.180. The average Bonchev–Trinajstić information content (AvgIpc) is 3.57. The fourth-order valence-corrected chi connectivity index (χ4v) is 9.06.